The first kappa shape index (κ1) is 12.1. The maximum absolute atomic E-state index is 10.8. The lowest BCUT2D eigenvalue weighted by Crippen LogP contribution is -2.24. The summed E-state index contributed by atoms with van der Waals surface area (Å²) in [4.78, 5) is 10.8. The van der Waals surface area contributed by atoms with Crippen LogP contribution in [-0.2, 0) is 14.3 Å². The van der Waals surface area contributed by atoms with Crippen LogP contribution in [0.15, 0.2) is 12.2 Å². The quantitative estimate of drug-likeness (QED) is 0.355. The molecule has 0 bridgehead atoms. The Balaban J connectivity index is 3.32. The van der Waals surface area contributed by atoms with E-state index in [1.54, 1.807) is 0 Å². The Morgan fingerprint density at radius 1 is 1.54 bits per heavy atom. The van der Waals surface area contributed by atoms with Gasteiger partial charge in [-0.05, 0) is 6.92 Å². The summed E-state index contributed by atoms with van der Waals surface area (Å²) in [5, 5.41) is 3.01. The minimum atomic E-state index is -0.371. The van der Waals surface area contributed by atoms with E-state index in [0.717, 1.165) is 0 Å². The van der Waals surface area contributed by atoms with Crippen molar-refractivity contribution >= 4 is 5.97 Å². The van der Waals surface area contributed by atoms with Crippen LogP contribution < -0.4 is 5.32 Å². The van der Waals surface area contributed by atoms with Gasteiger partial charge in [0.15, 0.2) is 0 Å². The van der Waals surface area contributed by atoms with E-state index in [0.29, 0.717) is 31.9 Å². The molecule has 0 aromatic carbocycles. The van der Waals surface area contributed by atoms with E-state index in [9.17, 15) is 4.79 Å². The molecule has 0 aliphatic carbocycles. The van der Waals surface area contributed by atoms with Crippen molar-refractivity contribution in [3.8, 4) is 0 Å². The number of rotatable bonds is 7. The molecule has 0 rings (SSSR count). The van der Waals surface area contributed by atoms with Crippen LogP contribution >= 0.6 is 0 Å². The second kappa shape index (κ2) is 7.76. The van der Waals surface area contributed by atoms with E-state index >= 15 is 0 Å². The molecule has 0 aliphatic rings. The van der Waals surface area contributed by atoms with E-state index in [2.05, 4.69) is 16.6 Å². The highest BCUT2D eigenvalue weighted by atomic mass is 16.5. The van der Waals surface area contributed by atoms with Crippen molar-refractivity contribution in [1.82, 2.24) is 5.32 Å². The summed E-state index contributed by atoms with van der Waals surface area (Å²) in [7, 11) is 1.34. The highest BCUT2D eigenvalue weighted by Gasteiger charge is 2.04. The molecule has 0 saturated heterocycles. The van der Waals surface area contributed by atoms with Gasteiger partial charge in [-0.2, -0.15) is 0 Å². The van der Waals surface area contributed by atoms with Crippen LogP contribution in [0.5, 0.6) is 0 Å². The minimum absolute atomic E-state index is 0.371. The van der Waals surface area contributed by atoms with Gasteiger partial charge in [0.2, 0.25) is 0 Å². The van der Waals surface area contributed by atoms with Crippen molar-refractivity contribution in [1.29, 1.82) is 0 Å². The van der Waals surface area contributed by atoms with Crippen molar-refractivity contribution in [2.24, 2.45) is 0 Å². The molecule has 4 nitrogen and oxygen atoms in total. The fraction of sp³-hybridized carbons (Fsp3) is 0.667. The summed E-state index contributed by atoms with van der Waals surface area (Å²) >= 11 is 0. The van der Waals surface area contributed by atoms with Crippen molar-refractivity contribution in [2.75, 3.05) is 33.4 Å². The molecular formula is C9H17NO3. The van der Waals surface area contributed by atoms with Gasteiger partial charge in [-0.25, -0.2) is 4.79 Å². The molecule has 0 atom stereocenters. The number of ether oxygens (including phenoxy) is 2. The maximum atomic E-state index is 10.8. The third-order valence-electron chi connectivity index (χ3n) is 1.44. The van der Waals surface area contributed by atoms with E-state index in [4.69, 9.17) is 4.74 Å². The van der Waals surface area contributed by atoms with E-state index in [1.807, 2.05) is 6.92 Å². The lowest BCUT2D eigenvalue weighted by molar-refractivity contribution is -0.136. The molecule has 0 spiro atoms. The fourth-order valence-corrected chi connectivity index (χ4v) is 0.744. The van der Waals surface area contributed by atoms with Crippen LogP contribution in [0.1, 0.15) is 6.92 Å². The second-order valence-corrected chi connectivity index (χ2v) is 2.47. The van der Waals surface area contributed by atoms with Crippen LogP contribution in [0, 0.1) is 0 Å². The van der Waals surface area contributed by atoms with Gasteiger partial charge < -0.3 is 14.8 Å². The number of hydrogen-bond donors (Lipinski definition) is 1. The zero-order valence-electron chi connectivity index (χ0n) is 8.26. The number of esters is 1. The largest absolute Gasteiger partial charge is 0.466 e. The number of carbonyl (C=O) groups is 1. The van der Waals surface area contributed by atoms with Crippen LogP contribution in [0.2, 0.25) is 0 Å². The molecule has 0 amide bonds. The molecule has 0 aromatic rings. The Hall–Kier alpha value is -0.870. The first-order valence-corrected chi connectivity index (χ1v) is 4.27. The van der Waals surface area contributed by atoms with Gasteiger partial charge in [-0.15, -0.1) is 0 Å². The first-order chi connectivity index (χ1) is 6.22. The van der Waals surface area contributed by atoms with Crippen molar-refractivity contribution < 1.29 is 14.3 Å². The molecule has 0 heterocycles. The van der Waals surface area contributed by atoms with Gasteiger partial charge in [0.25, 0.3) is 0 Å². The summed E-state index contributed by atoms with van der Waals surface area (Å²) in [6, 6.07) is 0. The molecular weight excluding hydrogens is 170 g/mol. The Bertz CT molecular complexity index is 168. The fourth-order valence-electron chi connectivity index (χ4n) is 0.744. The zero-order valence-corrected chi connectivity index (χ0v) is 8.26. The monoisotopic (exact) mass is 187 g/mol. The molecule has 13 heavy (non-hydrogen) atoms. The van der Waals surface area contributed by atoms with Gasteiger partial charge in [0.05, 0.1) is 13.7 Å². The summed E-state index contributed by atoms with van der Waals surface area (Å²) in [6.07, 6.45) is 0. The molecule has 1 N–H and O–H groups in total. The van der Waals surface area contributed by atoms with E-state index in [-0.39, 0.29) is 5.97 Å². The van der Waals surface area contributed by atoms with Gasteiger partial charge in [-0.1, -0.05) is 6.58 Å². The molecule has 0 aromatic heterocycles. The third kappa shape index (κ3) is 6.31. The average Bonchev–Trinajstić information content (AvgIpc) is 2.16. The lowest BCUT2D eigenvalue weighted by atomic mass is 10.3. The van der Waals surface area contributed by atoms with Gasteiger partial charge in [0.1, 0.15) is 0 Å². The van der Waals surface area contributed by atoms with Crippen molar-refractivity contribution in [3.05, 3.63) is 12.2 Å². The molecule has 0 fully saturated rings. The SMILES string of the molecule is C=C(CNCCOCC)C(=O)OC. The van der Waals surface area contributed by atoms with Crippen molar-refractivity contribution in [3.63, 3.8) is 0 Å². The van der Waals surface area contributed by atoms with Crippen LogP contribution in [0.25, 0.3) is 0 Å². The van der Waals surface area contributed by atoms with Crippen molar-refractivity contribution in [2.45, 2.75) is 6.92 Å². The predicted octanol–water partition coefficient (Wildman–Crippen LogP) is 0.342. The summed E-state index contributed by atoms with van der Waals surface area (Å²) in [5.74, 6) is -0.371. The zero-order chi connectivity index (χ0) is 10.1. The smallest absolute Gasteiger partial charge is 0.334 e. The Labute approximate surface area is 78.9 Å². The Morgan fingerprint density at radius 2 is 2.23 bits per heavy atom. The van der Waals surface area contributed by atoms with E-state index < -0.39 is 0 Å². The second-order valence-electron chi connectivity index (χ2n) is 2.47. The predicted molar refractivity (Wildman–Crippen MR) is 50.5 cm³/mol. The molecule has 76 valence electrons. The summed E-state index contributed by atoms with van der Waals surface area (Å²) in [6.45, 7) is 8.01. The highest BCUT2D eigenvalue weighted by Crippen LogP contribution is 1.90. The van der Waals surface area contributed by atoms with Crippen LogP contribution in [-0.4, -0.2) is 39.4 Å². The van der Waals surface area contributed by atoms with E-state index in [1.165, 1.54) is 7.11 Å². The number of methoxy groups -OCH3 is 1. The normalized spacial score (nSPS) is 9.69. The van der Waals surface area contributed by atoms with Crippen LogP contribution in [0.3, 0.4) is 0 Å². The Morgan fingerprint density at radius 3 is 2.77 bits per heavy atom. The number of carbonyl (C=O) groups excluding carboxylic acids is 1. The molecule has 4 heteroatoms. The van der Waals surface area contributed by atoms with Gasteiger partial charge in [-0.3, -0.25) is 0 Å². The van der Waals surface area contributed by atoms with Crippen LogP contribution in [0.4, 0.5) is 0 Å². The number of hydrogen-bond acceptors (Lipinski definition) is 4. The molecule has 0 unspecified atom stereocenters. The van der Waals surface area contributed by atoms with Gasteiger partial charge >= 0.3 is 5.97 Å². The topological polar surface area (TPSA) is 47.6 Å². The summed E-state index contributed by atoms with van der Waals surface area (Å²) in [5.41, 5.74) is 0.430. The van der Waals surface area contributed by atoms with Gasteiger partial charge in [0, 0.05) is 25.3 Å². The molecule has 0 aliphatic heterocycles. The molecule has 0 radical (unpaired) electrons. The summed E-state index contributed by atoms with van der Waals surface area (Å²) < 4.78 is 9.57. The Kier molecular flexibility index (Phi) is 7.24. The maximum Gasteiger partial charge on any atom is 0.334 e. The lowest BCUT2D eigenvalue weighted by Gasteiger charge is -2.05. The third-order valence-corrected chi connectivity index (χ3v) is 1.44. The first-order valence-electron chi connectivity index (χ1n) is 4.27. The number of nitrogens with one attached hydrogen (secondary N) is 1. The standard InChI is InChI=1S/C9H17NO3/c1-4-13-6-5-10-7-8(2)9(11)12-3/h10H,2,4-7H2,1,3H3. The minimum Gasteiger partial charge on any atom is -0.466 e. The average molecular weight is 187 g/mol. The highest BCUT2D eigenvalue weighted by molar-refractivity contribution is 5.87. The molecule has 0 saturated carbocycles.